The van der Waals surface area contributed by atoms with E-state index in [1.807, 2.05) is 0 Å². The molecule has 0 bridgehead atoms. The summed E-state index contributed by atoms with van der Waals surface area (Å²) in [7, 11) is 0. The van der Waals surface area contributed by atoms with E-state index in [0.29, 0.717) is 5.69 Å². The van der Waals surface area contributed by atoms with Crippen LogP contribution in [0.3, 0.4) is 0 Å². The minimum atomic E-state index is -0.216. The Labute approximate surface area is 80.6 Å². The number of ketones is 1. The van der Waals surface area contributed by atoms with Gasteiger partial charge in [0.2, 0.25) is 5.91 Å². The molecule has 14 heavy (non-hydrogen) atoms. The van der Waals surface area contributed by atoms with Crippen LogP contribution < -0.4 is 5.32 Å². The van der Waals surface area contributed by atoms with Crippen molar-refractivity contribution in [1.82, 2.24) is 0 Å². The molecule has 0 aromatic heterocycles. The summed E-state index contributed by atoms with van der Waals surface area (Å²) in [6.45, 7) is 1.37. The second kappa shape index (κ2) is 2.83. The molecule has 0 saturated carbocycles. The highest BCUT2D eigenvalue weighted by Crippen LogP contribution is 2.30. The number of phenolic OH excluding ortho intramolecular Hbond substituents is 1. The molecule has 0 aliphatic carbocycles. The van der Waals surface area contributed by atoms with Crippen molar-refractivity contribution in [2.75, 3.05) is 5.32 Å². The topological polar surface area (TPSA) is 66.4 Å². The lowest BCUT2D eigenvalue weighted by molar-refractivity contribution is -0.115. The van der Waals surface area contributed by atoms with Gasteiger partial charge in [0.1, 0.15) is 5.75 Å². The quantitative estimate of drug-likeness (QED) is 0.515. The first kappa shape index (κ1) is 8.74. The fourth-order valence-electron chi connectivity index (χ4n) is 1.54. The molecule has 0 radical (unpaired) electrons. The Kier molecular flexibility index (Phi) is 1.77. The lowest BCUT2D eigenvalue weighted by Crippen LogP contribution is -2.03. The first-order valence-electron chi connectivity index (χ1n) is 4.24. The predicted molar refractivity (Wildman–Crippen MR) is 50.4 cm³/mol. The maximum atomic E-state index is 11.1. The molecule has 0 spiro atoms. The number of amides is 1. The van der Waals surface area contributed by atoms with Gasteiger partial charge in [0.05, 0.1) is 12.0 Å². The van der Waals surface area contributed by atoms with E-state index < -0.39 is 0 Å². The van der Waals surface area contributed by atoms with E-state index in [4.69, 9.17) is 0 Å². The Morgan fingerprint density at radius 2 is 2.21 bits per heavy atom. The van der Waals surface area contributed by atoms with Gasteiger partial charge in [0, 0.05) is 5.69 Å². The van der Waals surface area contributed by atoms with Crippen LogP contribution in [0.15, 0.2) is 12.1 Å². The molecular weight excluding hydrogens is 182 g/mol. The van der Waals surface area contributed by atoms with Gasteiger partial charge >= 0.3 is 0 Å². The Morgan fingerprint density at radius 1 is 1.50 bits per heavy atom. The second-order valence-electron chi connectivity index (χ2n) is 3.31. The maximum Gasteiger partial charge on any atom is 0.228 e. The van der Waals surface area contributed by atoms with E-state index in [0.717, 1.165) is 5.56 Å². The number of rotatable bonds is 1. The van der Waals surface area contributed by atoms with Crippen LogP contribution in [0.4, 0.5) is 5.69 Å². The smallest absolute Gasteiger partial charge is 0.228 e. The maximum absolute atomic E-state index is 11.1. The largest absolute Gasteiger partial charge is 0.507 e. The molecule has 1 aromatic carbocycles. The number of nitrogens with one attached hydrogen (secondary N) is 1. The molecule has 4 heteroatoms. The summed E-state index contributed by atoms with van der Waals surface area (Å²) in [5.41, 5.74) is 1.60. The number of benzene rings is 1. The van der Waals surface area contributed by atoms with Crippen LogP contribution >= 0.6 is 0 Å². The molecule has 1 amide bonds. The Morgan fingerprint density at radius 3 is 2.86 bits per heavy atom. The molecule has 0 atom stereocenters. The normalized spacial score (nSPS) is 13.6. The Hall–Kier alpha value is -1.84. The average molecular weight is 191 g/mol. The number of hydrogen-bond acceptors (Lipinski definition) is 3. The highest BCUT2D eigenvalue weighted by molar-refractivity contribution is 6.03. The van der Waals surface area contributed by atoms with Gasteiger partial charge in [-0.2, -0.15) is 0 Å². The summed E-state index contributed by atoms with van der Waals surface area (Å²) < 4.78 is 0. The summed E-state index contributed by atoms with van der Waals surface area (Å²) >= 11 is 0. The molecule has 0 unspecified atom stereocenters. The summed E-state index contributed by atoms with van der Waals surface area (Å²) in [4.78, 5) is 22.1. The van der Waals surface area contributed by atoms with Crippen LogP contribution in [-0.2, 0) is 11.2 Å². The summed E-state index contributed by atoms with van der Waals surface area (Å²) in [6, 6.07) is 2.97. The van der Waals surface area contributed by atoms with Crippen LogP contribution in [0.1, 0.15) is 22.8 Å². The summed E-state index contributed by atoms with van der Waals surface area (Å²) in [5.74, 6) is -0.390. The van der Waals surface area contributed by atoms with Gasteiger partial charge < -0.3 is 10.4 Å². The minimum absolute atomic E-state index is 0.0623. The number of aromatic hydroxyl groups is 1. The second-order valence-corrected chi connectivity index (χ2v) is 3.31. The average Bonchev–Trinajstić information content (AvgIpc) is 2.42. The summed E-state index contributed by atoms with van der Waals surface area (Å²) in [5, 5.41) is 12.1. The minimum Gasteiger partial charge on any atom is -0.507 e. The third-order valence-corrected chi connectivity index (χ3v) is 2.23. The fourth-order valence-corrected chi connectivity index (χ4v) is 1.54. The molecule has 1 aliphatic rings. The van der Waals surface area contributed by atoms with E-state index in [2.05, 4.69) is 5.32 Å². The fraction of sp³-hybridized carbons (Fsp3) is 0.200. The van der Waals surface area contributed by atoms with Gasteiger partial charge in [0.15, 0.2) is 5.78 Å². The van der Waals surface area contributed by atoms with Crippen LogP contribution in [0.25, 0.3) is 0 Å². The van der Waals surface area contributed by atoms with E-state index in [9.17, 15) is 14.7 Å². The number of carbonyl (C=O) groups is 2. The third kappa shape index (κ3) is 1.25. The van der Waals surface area contributed by atoms with Crippen molar-refractivity contribution in [2.45, 2.75) is 13.3 Å². The number of carbonyl (C=O) groups excluding carboxylic acids is 2. The number of phenols is 1. The van der Waals surface area contributed by atoms with Crippen LogP contribution in [-0.4, -0.2) is 16.8 Å². The van der Waals surface area contributed by atoms with Gasteiger partial charge in [-0.15, -0.1) is 0 Å². The zero-order valence-corrected chi connectivity index (χ0v) is 7.63. The Bertz CT molecular complexity index is 437. The molecule has 1 heterocycles. The molecule has 1 aliphatic heterocycles. The van der Waals surface area contributed by atoms with E-state index in [-0.39, 0.29) is 29.4 Å². The van der Waals surface area contributed by atoms with Crippen LogP contribution in [0.5, 0.6) is 5.75 Å². The number of fused-ring (bicyclic) bond motifs is 1. The van der Waals surface area contributed by atoms with Crippen molar-refractivity contribution < 1.29 is 14.7 Å². The Balaban J connectivity index is 2.55. The van der Waals surface area contributed by atoms with E-state index >= 15 is 0 Å². The van der Waals surface area contributed by atoms with Crippen LogP contribution in [0, 0.1) is 0 Å². The first-order chi connectivity index (χ1) is 6.58. The molecule has 1 aromatic rings. The lowest BCUT2D eigenvalue weighted by Gasteiger charge is -2.03. The molecule has 2 rings (SSSR count). The van der Waals surface area contributed by atoms with Crippen molar-refractivity contribution in [3.8, 4) is 5.75 Å². The van der Waals surface area contributed by atoms with Crippen molar-refractivity contribution in [3.63, 3.8) is 0 Å². The van der Waals surface area contributed by atoms with Gasteiger partial charge in [-0.25, -0.2) is 0 Å². The molecular formula is C10H9NO3. The third-order valence-electron chi connectivity index (χ3n) is 2.23. The highest BCUT2D eigenvalue weighted by Gasteiger charge is 2.20. The van der Waals surface area contributed by atoms with Gasteiger partial charge in [-0.1, -0.05) is 0 Å². The van der Waals surface area contributed by atoms with E-state index in [1.165, 1.54) is 19.1 Å². The lowest BCUT2D eigenvalue weighted by atomic mass is 10.1. The SMILES string of the molecule is CC(=O)c1cc2c(cc1O)CC(=O)N2. The number of anilines is 1. The van der Waals surface area contributed by atoms with Gasteiger partial charge in [0.25, 0.3) is 0 Å². The molecule has 2 N–H and O–H groups in total. The van der Waals surface area contributed by atoms with Gasteiger partial charge in [-0.05, 0) is 24.6 Å². The molecule has 72 valence electrons. The van der Waals surface area contributed by atoms with Crippen molar-refractivity contribution >= 4 is 17.4 Å². The molecule has 0 fully saturated rings. The zero-order chi connectivity index (χ0) is 10.3. The number of hydrogen-bond donors (Lipinski definition) is 2. The predicted octanol–water partition coefficient (Wildman–Crippen LogP) is 1.09. The zero-order valence-electron chi connectivity index (χ0n) is 7.63. The monoisotopic (exact) mass is 191 g/mol. The standard InChI is InChI=1S/C10H9NO3/c1-5(12)7-4-8-6(2-9(7)13)3-10(14)11-8/h2,4,13H,3H2,1H3,(H,11,14). The molecule has 0 saturated heterocycles. The van der Waals surface area contributed by atoms with Crippen molar-refractivity contribution in [2.24, 2.45) is 0 Å². The molecule has 4 nitrogen and oxygen atoms in total. The van der Waals surface area contributed by atoms with Crippen molar-refractivity contribution in [1.29, 1.82) is 0 Å². The van der Waals surface area contributed by atoms with E-state index in [1.54, 1.807) is 0 Å². The van der Waals surface area contributed by atoms with Crippen LogP contribution in [0.2, 0.25) is 0 Å². The highest BCUT2D eigenvalue weighted by atomic mass is 16.3. The summed E-state index contributed by atoms with van der Waals surface area (Å²) in [6.07, 6.45) is 0.265. The number of Topliss-reactive ketones (excluding diaryl/α,β-unsaturated/α-hetero) is 1. The van der Waals surface area contributed by atoms with Crippen molar-refractivity contribution in [3.05, 3.63) is 23.3 Å². The first-order valence-corrected chi connectivity index (χ1v) is 4.24. The van der Waals surface area contributed by atoms with Gasteiger partial charge in [-0.3, -0.25) is 9.59 Å².